The third-order valence-corrected chi connectivity index (χ3v) is 5.02. The van der Waals surface area contributed by atoms with Crippen molar-refractivity contribution in [2.24, 2.45) is 5.41 Å². The van der Waals surface area contributed by atoms with Crippen LogP contribution in [0.5, 0.6) is 0 Å². The van der Waals surface area contributed by atoms with Crippen LogP contribution in [0.3, 0.4) is 0 Å². The van der Waals surface area contributed by atoms with Crippen molar-refractivity contribution in [3.05, 3.63) is 24.0 Å². The Hall–Kier alpha value is -1.62. The van der Waals surface area contributed by atoms with Crippen molar-refractivity contribution in [1.29, 1.82) is 0 Å². The number of piperidine rings is 2. The SMILES string of the molecule is Cc1cc(N2CCC[C@@]3(CCC(=O)N(CCO)C3)C2)ccn1. The quantitative estimate of drug-likeness (QED) is 0.921. The van der Waals surface area contributed by atoms with Gasteiger partial charge in [-0.2, -0.15) is 0 Å². The molecule has 0 unspecified atom stereocenters. The van der Waals surface area contributed by atoms with Crippen molar-refractivity contribution in [3.8, 4) is 0 Å². The number of anilines is 1. The lowest BCUT2D eigenvalue weighted by Gasteiger charge is -2.48. The van der Waals surface area contributed by atoms with Crippen LogP contribution in [-0.2, 0) is 4.79 Å². The van der Waals surface area contributed by atoms with Gasteiger partial charge < -0.3 is 14.9 Å². The molecule has 0 radical (unpaired) electrons. The third kappa shape index (κ3) is 3.09. The number of aliphatic hydroxyl groups excluding tert-OH is 1. The summed E-state index contributed by atoms with van der Waals surface area (Å²) >= 11 is 0. The van der Waals surface area contributed by atoms with Crippen LogP contribution in [-0.4, -0.2) is 53.7 Å². The highest BCUT2D eigenvalue weighted by Gasteiger charge is 2.41. The van der Waals surface area contributed by atoms with Gasteiger partial charge in [0.2, 0.25) is 5.91 Å². The fraction of sp³-hybridized carbons (Fsp3) is 0.647. The van der Waals surface area contributed by atoms with Crippen LogP contribution in [0.25, 0.3) is 0 Å². The molecule has 1 amide bonds. The molecular weight excluding hydrogens is 278 g/mol. The van der Waals surface area contributed by atoms with E-state index >= 15 is 0 Å². The minimum atomic E-state index is 0.0507. The van der Waals surface area contributed by atoms with Gasteiger partial charge in [0.15, 0.2) is 0 Å². The van der Waals surface area contributed by atoms with Gasteiger partial charge in [-0.05, 0) is 38.3 Å². The maximum Gasteiger partial charge on any atom is 0.222 e. The highest BCUT2D eigenvalue weighted by molar-refractivity contribution is 5.77. The smallest absolute Gasteiger partial charge is 0.222 e. The molecule has 3 heterocycles. The molecule has 2 aliphatic heterocycles. The van der Waals surface area contributed by atoms with Crippen molar-refractivity contribution in [2.45, 2.75) is 32.6 Å². The molecular formula is C17H25N3O2. The predicted molar refractivity (Wildman–Crippen MR) is 85.8 cm³/mol. The van der Waals surface area contributed by atoms with Crippen LogP contribution in [0.4, 0.5) is 5.69 Å². The van der Waals surface area contributed by atoms with Crippen molar-refractivity contribution >= 4 is 11.6 Å². The molecule has 1 aromatic heterocycles. The fourth-order valence-corrected chi connectivity index (χ4v) is 3.92. The zero-order chi connectivity index (χ0) is 15.6. The van der Waals surface area contributed by atoms with E-state index in [9.17, 15) is 9.90 Å². The van der Waals surface area contributed by atoms with Gasteiger partial charge in [0.25, 0.3) is 0 Å². The summed E-state index contributed by atoms with van der Waals surface area (Å²) < 4.78 is 0. The first-order valence-corrected chi connectivity index (χ1v) is 8.18. The first-order valence-electron chi connectivity index (χ1n) is 8.18. The minimum Gasteiger partial charge on any atom is -0.395 e. The molecule has 1 N–H and O–H groups in total. The number of hydrogen-bond acceptors (Lipinski definition) is 4. The lowest BCUT2D eigenvalue weighted by atomic mass is 9.73. The van der Waals surface area contributed by atoms with E-state index in [0.29, 0.717) is 13.0 Å². The van der Waals surface area contributed by atoms with Gasteiger partial charge >= 0.3 is 0 Å². The summed E-state index contributed by atoms with van der Waals surface area (Å²) in [7, 11) is 0. The molecule has 22 heavy (non-hydrogen) atoms. The van der Waals surface area contributed by atoms with Crippen molar-refractivity contribution in [2.75, 3.05) is 37.7 Å². The van der Waals surface area contributed by atoms with Gasteiger partial charge in [0, 0.05) is 55.6 Å². The van der Waals surface area contributed by atoms with Gasteiger partial charge in [-0.1, -0.05) is 0 Å². The molecule has 5 heteroatoms. The third-order valence-electron chi connectivity index (χ3n) is 5.02. The molecule has 0 saturated carbocycles. The monoisotopic (exact) mass is 303 g/mol. The predicted octanol–water partition coefficient (Wildman–Crippen LogP) is 1.59. The molecule has 1 atom stereocenters. The van der Waals surface area contributed by atoms with E-state index in [-0.39, 0.29) is 17.9 Å². The number of aryl methyl sites for hydroxylation is 1. The maximum atomic E-state index is 12.0. The Morgan fingerprint density at radius 1 is 1.36 bits per heavy atom. The second kappa shape index (κ2) is 6.24. The van der Waals surface area contributed by atoms with Crippen molar-refractivity contribution < 1.29 is 9.90 Å². The lowest BCUT2D eigenvalue weighted by Crippen LogP contribution is -2.54. The van der Waals surface area contributed by atoms with E-state index in [1.807, 2.05) is 18.0 Å². The number of carbonyl (C=O) groups is 1. The summed E-state index contributed by atoms with van der Waals surface area (Å²) in [6.07, 6.45) is 5.78. The average molecular weight is 303 g/mol. The zero-order valence-corrected chi connectivity index (χ0v) is 13.3. The molecule has 2 saturated heterocycles. The summed E-state index contributed by atoms with van der Waals surface area (Å²) in [5, 5.41) is 9.17. The number of β-amino-alcohol motifs (C(OH)–C–C–N with tert-alkyl or cyclic N) is 1. The summed E-state index contributed by atoms with van der Waals surface area (Å²) in [4.78, 5) is 20.6. The second-order valence-electron chi connectivity index (χ2n) is 6.72. The lowest BCUT2D eigenvalue weighted by molar-refractivity contribution is -0.138. The molecule has 1 aromatic rings. The second-order valence-corrected chi connectivity index (χ2v) is 6.72. The van der Waals surface area contributed by atoms with Crippen molar-refractivity contribution in [1.82, 2.24) is 9.88 Å². The van der Waals surface area contributed by atoms with E-state index in [1.54, 1.807) is 0 Å². The number of carbonyl (C=O) groups excluding carboxylic acids is 1. The number of likely N-dealkylation sites (tertiary alicyclic amines) is 1. The Morgan fingerprint density at radius 2 is 2.23 bits per heavy atom. The molecule has 0 aliphatic carbocycles. The van der Waals surface area contributed by atoms with Crippen molar-refractivity contribution in [3.63, 3.8) is 0 Å². The van der Waals surface area contributed by atoms with E-state index in [0.717, 1.165) is 38.2 Å². The fourth-order valence-electron chi connectivity index (χ4n) is 3.92. The Morgan fingerprint density at radius 3 is 3.00 bits per heavy atom. The highest BCUT2D eigenvalue weighted by atomic mass is 16.3. The number of nitrogens with zero attached hydrogens (tertiary/aromatic N) is 3. The number of amides is 1. The van der Waals surface area contributed by atoms with Gasteiger partial charge in [-0.3, -0.25) is 9.78 Å². The van der Waals surface area contributed by atoms with Gasteiger partial charge in [0.1, 0.15) is 0 Å². The number of rotatable bonds is 3. The largest absolute Gasteiger partial charge is 0.395 e. The highest BCUT2D eigenvalue weighted by Crippen LogP contribution is 2.40. The number of hydrogen-bond donors (Lipinski definition) is 1. The number of pyridine rings is 1. The zero-order valence-electron chi connectivity index (χ0n) is 13.3. The number of aromatic nitrogens is 1. The van der Waals surface area contributed by atoms with E-state index in [2.05, 4.69) is 22.0 Å². The molecule has 0 aromatic carbocycles. The van der Waals surface area contributed by atoms with Crippen LogP contribution < -0.4 is 4.90 Å². The van der Waals surface area contributed by atoms with Crippen LogP contribution in [0.15, 0.2) is 18.3 Å². The van der Waals surface area contributed by atoms with E-state index in [4.69, 9.17) is 0 Å². The summed E-state index contributed by atoms with van der Waals surface area (Å²) in [5.41, 5.74) is 2.45. The minimum absolute atomic E-state index is 0.0507. The first kappa shape index (κ1) is 15.3. The average Bonchev–Trinajstić information content (AvgIpc) is 2.52. The standard InChI is InChI=1S/C17H25N3O2/c1-14-11-15(4-7-18-14)19-8-2-5-17(12-19)6-3-16(22)20(13-17)9-10-21/h4,7,11,21H,2-3,5-6,8-10,12-13H2,1H3/t17-/m1/s1. The number of aliphatic hydroxyl groups is 1. The Labute approximate surface area is 131 Å². The molecule has 5 nitrogen and oxygen atoms in total. The Bertz CT molecular complexity index is 548. The van der Waals surface area contributed by atoms with Gasteiger partial charge in [0.05, 0.1) is 6.61 Å². The summed E-state index contributed by atoms with van der Waals surface area (Å²) in [6.45, 7) is 5.38. The first-order chi connectivity index (χ1) is 10.6. The van der Waals surface area contributed by atoms with E-state index in [1.165, 1.54) is 12.1 Å². The van der Waals surface area contributed by atoms with Crippen LogP contribution in [0.2, 0.25) is 0 Å². The van der Waals surface area contributed by atoms with E-state index < -0.39 is 0 Å². The maximum absolute atomic E-state index is 12.0. The molecule has 2 aliphatic rings. The van der Waals surface area contributed by atoms with Crippen LogP contribution in [0, 0.1) is 12.3 Å². The molecule has 120 valence electrons. The van der Waals surface area contributed by atoms with Crippen LogP contribution in [0.1, 0.15) is 31.4 Å². The molecule has 1 spiro atoms. The van der Waals surface area contributed by atoms with Gasteiger partial charge in [-0.25, -0.2) is 0 Å². The van der Waals surface area contributed by atoms with Crippen LogP contribution >= 0.6 is 0 Å². The molecule has 0 bridgehead atoms. The Balaban J connectivity index is 1.76. The Kier molecular flexibility index (Phi) is 4.34. The molecule has 3 rings (SSSR count). The molecule has 2 fully saturated rings. The summed E-state index contributed by atoms with van der Waals surface area (Å²) in [5.74, 6) is 0.191. The normalized spacial score (nSPS) is 25.8. The van der Waals surface area contributed by atoms with Gasteiger partial charge in [-0.15, -0.1) is 0 Å². The topological polar surface area (TPSA) is 56.7 Å². The summed E-state index contributed by atoms with van der Waals surface area (Å²) in [6, 6.07) is 4.21.